The maximum absolute atomic E-state index is 12.4. The lowest BCUT2D eigenvalue weighted by Crippen LogP contribution is -2.19. The number of nitrogens with two attached hydrogens (primary N) is 1. The highest BCUT2D eigenvalue weighted by molar-refractivity contribution is 9.10. The predicted octanol–water partition coefficient (Wildman–Crippen LogP) is 3.95. The van der Waals surface area contributed by atoms with Crippen LogP contribution >= 0.6 is 28.1 Å². The maximum Gasteiger partial charge on any atom is 0.256 e. The van der Waals surface area contributed by atoms with Crippen LogP contribution in [0.15, 0.2) is 40.9 Å². The molecule has 3 nitrogen and oxygen atoms in total. The first-order valence-electron chi connectivity index (χ1n) is 6.37. The Morgan fingerprint density at radius 2 is 1.95 bits per heavy atom. The van der Waals surface area contributed by atoms with Gasteiger partial charge in [-0.25, -0.2) is 0 Å². The molecule has 5 heteroatoms. The van der Waals surface area contributed by atoms with E-state index in [9.17, 15) is 4.79 Å². The Balaban J connectivity index is 2.39. The van der Waals surface area contributed by atoms with Crippen molar-refractivity contribution < 1.29 is 4.79 Å². The number of hydrogen-bond donors (Lipinski definition) is 2. The fraction of sp³-hybridized carbons (Fsp3) is 0.125. The molecule has 2 rings (SSSR count). The summed E-state index contributed by atoms with van der Waals surface area (Å²) in [6, 6.07) is 11.2. The van der Waals surface area contributed by atoms with E-state index >= 15 is 0 Å². The molecule has 2 aromatic carbocycles. The molecule has 0 radical (unpaired) electrons. The molecule has 1 amide bonds. The fourth-order valence-corrected chi connectivity index (χ4v) is 2.80. The van der Waals surface area contributed by atoms with E-state index in [1.54, 1.807) is 6.07 Å². The third kappa shape index (κ3) is 3.49. The van der Waals surface area contributed by atoms with Crippen molar-refractivity contribution in [2.45, 2.75) is 13.8 Å². The first-order chi connectivity index (χ1) is 9.90. The molecular formula is C16H15BrN2OS. The number of benzene rings is 2. The summed E-state index contributed by atoms with van der Waals surface area (Å²) in [5.74, 6) is -0.200. The van der Waals surface area contributed by atoms with Crippen molar-refractivity contribution in [1.29, 1.82) is 0 Å². The summed E-state index contributed by atoms with van der Waals surface area (Å²) in [4.78, 5) is 12.7. The van der Waals surface area contributed by atoms with Crippen molar-refractivity contribution in [2.75, 3.05) is 5.32 Å². The highest BCUT2D eigenvalue weighted by Crippen LogP contribution is 2.23. The molecule has 0 fully saturated rings. The first-order valence-corrected chi connectivity index (χ1v) is 7.57. The van der Waals surface area contributed by atoms with Crippen LogP contribution in [0.3, 0.4) is 0 Å². The van der Waals surface area contributed by atoms with Crippen LogP contribution in [0.25, 0.3) is 0 Å². The number of rotatable bonds is 3. The molecule has 21 heavy (non-hydrogen) atoms. The number of anilines is 1. The van der Waals surface area contributed by atoms with Crippen LogP contribution in [-0.4, -0.2) is 10.9 Å². The third-order valence-electron chi connectivity index (χ3n) is 3.13. The lowest BCUT2D eigenvalue weighted by atomic mass is 10.1. The topological polar surface area (TPSA) is 55.1 Å². The second-order valence-electron chi connectivity index (χ2n) is 4.80. The zero-order chi connectivity index (χ0) is 15.6. The molecule has 0 saturated heterocycles. The lowest BCUT2D eigenvalue weighted by Gasteiger charge is -2.13. The van der Waals surface area contributed by atoms with Gasteiger partial charge in [0.15, 0.2) is 0 Å². The minimum atomic E-state index is -0.200. The molecule has 0 unspecified atom stereocenters. The van der Waals surface area contributed by atoms with Gasteiger partial charge in [-0.15, -0.1) is 0 Å². The Morgan fingerprint density at radius 1 is 1.24 bits per heavy atom. The molecule has 0 aliphatic heterocycles. The van der Waals surface area contributed by atoms with E-state index in [1.807, 2.05) is 44.2 Å². The van der Waals surface area contributed by atoms with E-state index in [2.05, 4.69) is 21.2 Å². The van der Waals surface area contributed by atoms with E-state index in [-0.39, 0.29) is 10.9 Å². The van der Waals surface area contributed by atoms with E-state index in [1.165, 1.54) is 0 Å². The highest BCUT2D eigenvalue weighted by atomic mass is 79.9. The molecule has 0 aliphatic rings. The van der Waals surface area contributed by atoms with Gasteiger partial charge in [-0.1, -0.05) is 36.0 Å². The van der Waals surface area contributed by atoms with Crippen molar-refractivity contribution in [3.05, 3.63) is 63.1 Å². The van der Waals surface area contributed by atoms with Gasteiger partial charge in [0.25, 0.3) is 5.91 Å². The molecule has 0 bridgehead atoms. The quantitative estimate of drug-likeness (QED) is 0.812. The molecule has 0 aromatic heterocycles. The van der Waals surface area contributed by atoms with Gasteiger partial charge in [0.1, 0.15) is 4.99 Å². The van der Waals surface area contributed by atoms with Crippen LogP contribution in [0.1, 0.15) is 27.0 Å². The largest absolute Gasteiger partial charge is 0.389 e. The van der Waals surface area contributed by atoms with Gasteiger partial charge in [0.05, 0.1) is 11.3 Å². The van der Waals surface area contributed by atoms with Crippen LogP contribution in [0, 0.1) is 13.8 Å². The summed E-state index contributed by atoms with van der Waals surface area (Å²) < 4.78 is 0.745. The van der Waals surface area contributed by atoms with Gasteiger partial charge in [-0.2, -0.15) is 0 Å². The van der Waals surface area contributed by atoms with E-state index in [0.717, 1.165) is 15.6 Å². The third-order valence-corrected chi connectivity index (χ3v) is 4.03. The summed E-state index contributed by atoms with van der Waals surface area (Å²) in [7, 11) is 0. The molecule has 0 aliphatic carbocycles. The fourth-order valence-electron chi connectivity index (χ4n) is 2.10. The number of carbonyl (C=O) groups excluding carboxylic acids is 1. The molecule has 108 valence electrons. The highest BCUT2D eigenvalue weighted by Gasteiger charge is 2.14. The van der Waals surface area contributed by atoms with Crippen LogP contribution in [-0.2, 0) is 0 Å². The molecule has 3 N–H and O–H groups in total. The van der Waals surface area contributed by atoms with Gasteiger partial charge in [0.2, 0.25) is 0 Å². The van der Waals surface area contributed by atoms with Crippen molar-refractivity contribution in [3.63, 3.8) is 0 Å². The maximum atomic E-state index is 12.4. The van der Waals surface area contributed by atoms with Crippen molar-refractivity contribution in [1.82, 2.24) is 0 Å². The smallest absolute Gasteiger partial charge is 0.256 e. The molecule has 0 saturated carbocycles. The Morgan fingerprint density at radius 3 is 2.62 bits per heavy atom. The monoisotopic (exact) mass is 362 g/mol. The number of halogens is 1. The Labute approximate surface area is 137 Å². The molecular weight excluding hydrogens is 348 g/mol. The number of nitrogens with one attached hydrogen (secondary N) is 1. The predicted molar refractivity (Wildman–Crippen MR) is 93.9 cm³/mol. The minimum absolute atomic E-state index is 0.200. The Bertz CT molecular complexity index is 728. The number of thiocarbonyl (C=S) groups is 1. The standard InChI is InChI=1S/C16H15BrN2OS/c1-9-6-7-12(17)11(8-9)16(20)19-13-5-3-4-10(2)14(13)15(18)21/h3-8H,1-2H3,(H2,18,21)(H,19,20). The first kappa shape index (κ1) is 15.7. The normalized spacial score (nSPS) is 10.2. The average molecular weight is 363 g/mol. The molecule has 0 spiro atoms. The van der Waals surface area contributed by atoms with Crippen molar-refractivity contribution in [3.8, 4) is 0 Å². The van der Waals surface area contributed by atoms with Crippen molar-refractivity contribution >= 4 is 44.7 Å². The summed E-state index contributed by atoms with van der Waals surface area (Å²) in [6.07, 6.45) is 0. The molecule has 0 heterocycles. The van der Waals surface area contributed by atoms with Crippen LogP contribution in [0.5, 0.6) is 0 Å². The molecule has 2 aromatic rings. The molecule has 0 atom stereocenters. The number of aryl methyl sites for hydroxylation is 2. The van der Waals surface area contributed by atoms with Crippen LogP contribution in [0.4, 0.5) is 5.69 Å². The summed E-state index contributed by atoms with van der Waals surface area (Å²) in [6.45, 7) is 3.85. The summed E-state index contributed by atoms with van der Waals surface area (Å²) >= 11 is 8.47. The summed E-state index contributed by atoms with van der Waals surface area (Å²) in [5, 5.41) is 2.88. The number of amides is 1. The number of hydrogen-bond acceptors (Lipinski definition) is 2. The second-order valence-corrected chi connectivity index (χ2v) is 6.09. The minimum Gasteiger partial charge on any atom is -0.389 e. The van der Waals surface area contributed by atoms with E-state index < -0.39 is 0 Å². The van der Waals surface area contributed by atoms with Gasteiger partial charge in [0, 0.05) is 10.0 Å². The lowest BCUT2D eigenvalue weighted by molar-refractivity contribution is 0.102. The van der Waals surface area contributed by atoms with Crippen LogP contribution < -0.4 is 11.1 Å². The zero-order valence-electron chi connectivity index (χ0n) is 11.7. The zero-order valence-corrected chi connectivity index (χ0v) is 14.1. The Kier molecular flexibility index (Phi) is 4.75. The number of carbonyl (C=O) groups is 1. The Hall–Kier alpha value is -1.72. The van der Waals surface area contributed by atoms with Crippen molar-refractivity contribution in [2.24, 2.45) is 5.73 Å². The van der Waals surface area contributed by atoms with Gasteiger partial charge >= 0.3 is 0 Å². The average Bonchev–Trinajstić information content (AvgIpc) is 2.41. The second kappa shape index (κ2) is 6.37. The van der Waals surface area contributed by atoms with E-state index in [0.29, 0.717) is 16.8 Å². The summed E-state index contributed by atoms with van der Waals surface area (Å²) in [5.41, 5.74) is 9.60. The van der Waals surface area contributed by atoms with E-state index in [4.69, 9.17) is 18.0 Å². The van der Waals surface area contributed by atoms with Gasteiger partial charge in [-0.3, -0.25) is 4.79 Å². The SMILES string of the molecule is Cc1ccc(Br)c(C(=O)Nc2cccc(C)c2C(N)=S)c1. The van der Waals surface area contributed by atoms with Gasteiger partial charge in [-0.05, 0) is 53.5 Å². The van der Waals surface area contributed by atoms with Crippen LogP contribution in [0.2, 0.25) is 0 Å². The van der Waals surface area contributed by atoms with Gasteiger partial charge < -0.3 is 11.1 Å².